The first-order valence-corrected chi connectivity index (χ1v) is 14.7. The fourth-order valence-electron chi connectivity index (χ4n) is 9.48. The molecule has 1 saturated heterocycles. The van der Waals surface area contributed by atoms with Gasteiger partial charge in [0.2, 0.25) is 0 Å². The van der Waals surface area contributed by atoms with Crippen molar-refractivity contribution in [1.82, 2.24) is 0 Å². The summed E-state index contributed by atoms with van der Waals surface area (Å²) in [5, 5.41) is 23.6. The van der Waals surface area contributed by atoms with Crippen LogP contribution in [-0.4, -0.2) is 68.7 Å². The van der Waals surface area contributed by atoms with E-state index in [1.807, 2.05) is 0 Å². The summed E-state index contributed by atoms with van der Waals surface area (Å²) in [5.74, 6) is 0.538. The molecule has 1 spiro atoms. The van der Waals surface area contributed by atoms with Gasteiger partial charge in [0.25, 0.3) is 0 Å². The average Bonchev–Trinajstić information content (AvgIpc) is 3.45. The summed E-state index contributed by atoms with van der Waals surface area (Å²) in [7, 11) is 5.85. The molecule has 4 fully saturated rings. The third-order valence-electron chi connectivity index (χ3n) is 11.8. The number of ether oxygens (including phenoxy) is 3. The van der Waals surface area contributed by atoms with Crippen molar-refractivity contribution in [2.75, 3.05) is 45.9 Å². The summed E-state index contributed by atoms with van der Waals surface area (Å²) in [6, 6.07) is 9.05. The highest BCUT2D eigenvalue weighted by molar-refractivity contribution is 5.50. The third-order valence-corrected chi connectivity index (χ3v) is 11.8. The van der Waals surface area contributed by atoms with Gasteiger partial charge in [0.1, 0.15) is 0 Å². The van der Waals surface area contributed by atoms with E-state index >= 15 is 0 Å². The molecule has 3 saturated carbocycles. The van der Waals surface area contributed by atoms with Crippen molar-refractivity contribution in [2.45, 2.75) is 88.6 Å². The van der Waals surface area contributed by atoms with Crippen LogP contribution >= 0.6 is 0 Å². The molecule has 1 aromatic rings. The van der Waals surface area contributed by atoms with Crippen molar-refractivity contribution in [2.24, 2.45) is 22.7 Å². The molecule has 0 amide bonds. The Balaban J connectivity index is 1.46. The summed E-state index contributed by atoms with van der Waals surface area (Å²) in [6.45, 7) is 6.37. The van der Waals surface area contributed by atoms with Crippen LogP contribution in [0.15, 0.2) is 35.4 Å². The van der Waals surface area contributed by atoms with E-state index in [-0.39, 0.29) is 16.7 Å². The summed E-state index contributed by atoms with van der Waals surface area (Å²) < 4.78 is 17.7. The van der Waals surface area contributed by atoms with Crippen LogP contribution in [0.25, 0.3) is 0 Å². The zero-order chi connectivity index (χ0) is 26.9. The molecule has 2 N–H and O–H groups in total. The molecule has 1 aliphatic heterocycles. The molecular weight excluding hydrogens is 478 g/mol. The van der Waals surface area contributed by atoms with Gasteiger partial charge in [0.15, 0.2) is 5.79 Å². The van der Waals surface area contributed by atoms with E-state index in [0.717, 1.165) is 44.9 Å². The number of benzene rings is 1. The number of aliphatic hydroxyl groups excluding tert-OH is 1. The van der Waals surface area contributed by atoms with Gasteiger partial charge in [-0.15, -0.1) is 0 Å². The number of nitrogens with zero attached hydrogens (tertiary/aromatic N) is 1. The van der Waals surface area contributed by atoms with E-state index in [4.69, 9.17) is 14.2 Å². The number of aliphatic hydroxyl groups is 2. The highest BCUT2D eigenvalue weighted by Gasteiger charge is 2.65. The van der Waals surface area contributed by atoms with Gasteiger partial charge < -0.3 is 29.3 Å². The summed E-state index contributed by atoms with van der Waals surface area (Å²) in [4.78, 5) is 2.14. The van der Waals surface area contributed by atoms with Crippen LogP contribution in [0.2, 0.25) is 0 Å². The number of methoxy groups -OCH3 is 1. The van der Waals surface area contributed by atoms with Gasteiger partial charge in [-0.2, -0.15) is 0 Å². The highest BCUT2D eigenvalue weighted by Crippen LogP contribution is 2.71. The minimum Gasteiger partial charge on any atom is -0.390 e. The first kappa shape index (κ1) is 26.8. The zero-order valence-electron chi connectivity index (χ0n) is 24.0. The summed E-state index contributed by atoms with van der Waals surface area (Å²) in [6.07, 6.45) is 6.58. The van der Waals surface area contributed by atoms with Crippen molar-refractivity contribution in [1.29, 1.82) is 0 Å². The van der Waals surface area contributed by atoms with Crippen LogP contribution < -0.4 is 4.90 Å². The molecule has 5 aliphatic rings. The maximum Gasteiger partial charge on any atom is 0.171 e. The predicted molar refractivity (Wildman–Crippen MR) is 148 cm³/mol. The second-order valence-electron chi connectivity index (χ2n) is 13.6. The normalized spacial score (nSPS) is 40.6. The molecule has 7 atom stereocenters. The molecule has 0 bridgehead atoms. The van der Waals surface area contributed by atoms with Crippen LogP contribution in [0.5, 0.6) is 0 Å². The molecule has 4 aliphatic carbocycles. The zero-order valence-corrected chi connectivity index (χ0v) is 24.0. The molecule has 1 aromatic carbocycles. The lowest BCUT2D eigenvalue weighted by Crippen LogP contribution is -2.55. The van der Waals surface area contributed by atoms with Crippen LogP contribution in [-0.2, 0) is 14.2 Å². The van der Waals surface area contributed by atoms with Crippen LogP contribution in [0.4, 0.5) is 5.69 Å². The van der Waals surface area contributed by atoms with E-state index in [1.54, 1.807) is 7.11 Å². The predicted octanol–water partition coefficient (Wildman–Crippen LogP) is 5.03. The van der Waals surface area contributed by atoms with Crippen molar-refractivity contribution in [3.63, 3.8) is 0 Å². The maximum atomic E-state index is 12.2. The summed E-state index contributed by atoms with van der Waals surface area (Å²) in [5.41, 5.74) is 4.21. The minimum absolute atomic E-state index is 0.0203. The monoisotopic (exact) mass is 525 g/mol. The van der Waals surface area contributed by atoms with Crippen molar-refractivity contribution >= 4 is 5.69 Å². The van der Waals surface area contributed by atoms with E-state index in [9.17, 15) is 10.2 Å². The van der Waals surface area contributed by atoms with E-state index in [0.29, 0.717) is 38.1 Å². The van der Waals surface area contributed by atoms with Gasteiger partial charge in [-0.25, -0.2) is 0 Å². The standard InChI is InChI=1S/C32H47NO5/c1-29(27(34)19-36-5)13-11-25-23-10-14-31(35)20-32(37-16-17-38-32)15-12-26(31)28(23)24(18-30(25,29)2)21-6-8-22(9-7-21)33(3)4/h6-9,23-25,27,34-35H,10-20H2,1-5H3/t23?,24-,25?,27?,29-,30+,31-/m1/s1. The van der Waals surface area contributed by atoms with E-state index in [1.165, 1.54) is 22.4 Å². The second kappa shape index (κ2) is 9.31. The van der Waals surface area contributed by atoms with Gasteiger partial charge in [-0.1, -0.05) is 31.6 Å². The lowest BCUT2D eigenvalue weighted by Gasteiger charge is -2.59. The Kier molecular flexibility index (Phi) is 6.55. The van der Waals surface area contributed by atoms with Crippen LogP contribution in [0.1, 0.15) is 76.7 Å². The Labute approximate surface area is 228 Å². The molecule has 6 nitrogen and oxygen atoms in total. The van der Waals surface area contributed by atoms with Crippen LogP contribution in [0, 0.1) is 22.7 Å². The first-order valence-electron chi connectivity index (χ1n) is 14.7. The molecule has 0 radical (unpaired) electrons. The van der Waals surface area contributed by atoms with Crippen LogP contribution in [0.3, 0.4) is 0 Å². The van der Waals surface area contributed by atoms with Crippen molar-refractivity contribution in [3.05, 3.63) is 41.0 Å². The lowest BCUT2D eigenvalue weighted by atomic mass is 9.47. The fourth-order valence-corrected chi connectivity index (χ4v) is 9.48. The highest BCUT2D eigenvalue weighted by atomic mass is 16.7. The fraction of sp³-hybridized carbons (Fsp3) is 0.750. The molecule has 6 rings (SSSR count). The van der Waals surface area contributed by atoms with Crippen molar-refractivity contribution in [3.8, 4) is 0 Å². The number of anilines is 1. The molecule has 6 heteroatoms. The quantitative estimate of drug-likeness (QED) is 0.525. The largest absolute Gasteiger partial charge is 0.390 e. The Morgan fingerprint density at radius 1 is 1.05 bits per heavy atom. The lowest BCUT2D eigenvalue weighted by molar-refractivity contribution is -0.208. The molecule has 210 valence electrons. The van der Waals surface area contributed by atoms with E-state index < -0.39 is 17.5 Å². The van der Waals surface area contributed by atoms with Gasteiger partial charge in [0, 0.05) is 51.1 Å². The van der Waals surface area contributed by atoms with Gasteiger partial charge >= 0.3 is 0 Å². The van der Waals surface area contributed by atoms with Gasteiger partial charge in [-0.3, -0.25) is 0 Å². The van der Waals surface area contributed by atoms with Gasteiger partial charge in [0.05, 0.1) is 31.5 Å². The van der Waals surface area contributed by atoms with Gasteiger partial charge in [-0.05, 0) is 79.0 Å². The minimum atomic E-state index is -0.860. The molecular formula is C32H47NO5. The average molecular weight is 526 g/mol. The molecule has 38 heavy (non-hydrogen) atoms. The Bertz CT molecular complexity index is 1080. The second-order valence-corrected chi connectivity index (χ2v) is 13.6. The van der Waals surface area contributed by atoms with E-state index in [2.05, 4.69) is 57.1 Å². The Hall–Kier alpha value is -1.44. The Morgan fingerprint density at radius 2 is 1.76 bits per heavy atom. The number of hydrogen-bond acceptors (Lipinski definition) is 6. The SMILES string of the molecule is COCC(O)[C@@]1(C)CCC2C3CC[C@@]4(O)CC5(CCC4=C3[C@@H](c3ccc(N(C)C)cc3)C[C@@]21C)OCCO5. The third kappa shape index (κ3) is 3.85. The molecule has 3 unspecified atom stereocenters. The smallest absolute Gasteiger partial charge is 0.171 e. The van der Waals surface area contributed by atoms with Crippen molar-refractivity contribution < 1.29 is 24.4 Å². The number of hydrogen-bond donors (Lipinski definition) is 2. The number of fused-ring (bicyclic) bond motifs is 4. The maximum absolute atomic E-state index is 12.2. The molecule has 0 aromatic heterocycles. The summed E-state index contributed by atoms with van der Waals surface area (Å²) >= 11 is 0. The first-order chi connectivity index (χ1) is 18.1. The molecule has 1 heterocycles. The number of allylic oxidation sites excluding steroid dienone is 1. The topological polar surface area (TPSA) is 71.4 Å². The number of rotatable bonds is 5. The Morgan fingerprint density at radius 3 is 2.42 bits per heavy atom.